The molecule has 0 amide bonds. The van der Waals surface area contributed by atoms with Crippen molar-refractivity contribution in [3.05, 3.63) is 67.0 Å². The summed E-state index contributed by atoms with van der Waals surface area (Å²) in [5.74, 6) is 1.83. The summed E-state index contributed by atoms with van der Waals surface area (Å²) >= 11 is 0. The Morgan fingerprint density at radius 3 is 2.72 bits per heavy atom. The van der Waals surface area contributed by atoms with Gasteiger partial charge in [0.15, 0.2) is 5.65 Å². The van der Waals surface area contributed by atoms with E-state index in [1.807, 2.05) is 36.5 Å². The zero-order valence-electron chi connectivity index (χ0n) is 16.2. The van der Waals surface area contributed by atoms with Gasteiger partial charge in [-0.25, -0.2) is 14.5 Å². The van der Waals surface area contributed by atoms with Crippen molar-refractivity contribution in [3.8, 4) is 11.3 Å². The molecule has 6 nitrogen and oxygen atoms in total. The summed E-state index contributed by atoms with van der Waals surface area (Å²) < 4.78 is 1.80. The highest BCUT2D eigenvalue weighted by atomic mass is 35.5. The standard InChI is InChI=1S/C22H22N6.ClH/c1-16-7-6-13-27(16)21-11-5-10-20(25-21)24-19-15-18(17-8-3-2-4-9-17)26-28-14-12-23-22(19)28;/h2-5,8-12,14-16H,6-7,13H2,1H3,(H,24,25);1H. The van der Waals surface area contributed by atoms with E-state index in [1.165, 1.54) is 12.8 Å². The Kier molecular flexibility index (Phi) is 5.36. The van der Waals surface area contributed by atoms with Crippen LogP contribution in [0.2, 0.25) is 0 Å². The van der Waals surface area contributed by atoms with E-state index in [9.17, 15) is 0 Å². The fraction of sp³-hybridized carbons (Fsp3) is 0.227. The summed E-state index contributed by atoms with van der Waals surface area (Å²) in [6, 6.07) is 18.9. The number of pyridine rings is 1. The number of fused-ring (bicyclic) bond motifs is 1. The third-order valence-corrected chi connectivity index (χ3v) is 5.27. The van der Waals surface area contributed by atoms with Crippen molar-refractivity contribution in [3.63, 3.8) is 0 Å². The minimum absolute atomic E-state index is 0. The maximum absolute atomic E-state index is 4.85. The van der Waals surface area contributed by atoms with Gasteiger partial charge in [-0.2, -0.15) is 5.10 Å². The molecule has 0 bridgehead atoms. The van der Waals surface area contributed by atoms with Gasteiger partial charge in [0.25, 0.3) is 0 Å². The molecule has 0 aliphatic carbocycles. The number of imidazole rings is 1. The van der Waals surface area contributed by atoms with Crippen molar-refractivity contribution >= 4 is 35.4 Å². The molecule has 1 aromatic carbocycles. The van der Waals surface area contributed by atoms with Crippen LogP contribution in [0.5, 0.6) is 0 Å². The maximum atomic E-state index is 4.85. The molecule has 1 fully saturated rings. The summed E-state index contributed by atoms with van der Waals surface area (Å²) in [7, 11) is 0. The first-order valence-corrected chi connectivity index (χ1v) is 9.68. The quantitative estimate of drug-likeness (QED) is 0.519. The number of aromatic nitrogens is 4. The van der Waals surface area contributed by atoms with Crippen LogP contribution in [0.25, 0.3) is 16.9 Å². The average molecular weight is 407 g/mol. The molecular formula is C22H23ClN6. The normalized spacial score (nSPS) is 16.0. The zero-order valence-corrected chi connectivity index (χ0v) is 17.0. The first kappa shape index (κ1) is 19.2. The third kappa shape index (κ3) is 3.76. The highest BCUT2D eigenvalue weighted by Gasteiger charge is 2.21. The molecule has 1 aliphatic rings. The fourth-order valence-electron chi connectivity index (χ4n) is 3.82. The summed E-state index contributed by atoms with van der Waals surface area (Å²) in [6.07, 6.45) is 6.07. The van der Waals surface area contributed by atoms with Gasteiger partial charge < -0.3 is 10.2 Å². The second kappa shape index (κ2) is 8.09. The van der Waals surface area contributed by atoms with Crippen molar-refractivity contribution < 1.29 is 0 Å². The van der Waals surface area contributed by atoms with Gasteiger partial charge in [0.05, 0.1) is 11.4 Å². The van der Waals surface area contributed by atoms with E-state index in [4.69, 9.17) is 4.98 Å². The van der Waals surface area contributed by atoms with Crippen molar-refractivity contribution in [2.24, 2.45) is 0 Å². The molecule has 29 heavy (non-hydrogen) atoms. The lowest BCUT2D eigenvalue weighted by Crippen LogP contribution is -2.27. The predicted octanol–water partition coefficient (Wildman–Crippen LogP) is 4.95. The minimum Gasteiger partial charge on any atom is -0.354 e. The highest BCUT2D eigenvalue weighted by Crippen LogP contribution is 2.28. The lowest BCUT2D eigenvalue weighted by molar-refractivity contribution is 0.727. The van der Waals surface area contributed by atoms with E-state index in [1.54, 1.807) is 10.7 Å². The number of halogens is 1. The van der Waals surface area contributed by atoms with Crippen LogP contribution in [0.3, 0.4) is 0 Å². The van der Waals surface area contributed by atoms with Crippen LogP contribution in [0.1, 0.15) is 19.8 Å². The molecule has 3 aromatic heterocycles. The van der Waals surface area contributed by atoms with Gasteiger partial charge >= 0.3 is 0 Å². The predicted molar refractivity (Wildman–Crippen MR) is 119 cm³/mol. The van der Waals surface area contributed by atoms with Crippen LogP contribution in [-0.4, -0.2) is 32.2 Å². The molecular weight excluding hydrogens is 384 g/mol. The first-order valence-electron chi connectivity index (χ1n) is 9.68. The van der Waals surface area contributed by atoms with Gasteiger partial charge in [-0.05, 0) is 38.0 Å². The van der Waals surface area contributed by atoms with Crippen molar-refractivity contribution in [1.82, 2.24) is 19.6 Å². The van der Waals surface area contributed by atoms with Crippen LogP contribution in [0, 0.1) is 0 Å². The molecule has 1 atom stereocenters. The number of nitrogens with zero attached hydrogens (tertiary/aromatic N) is 5. The smallest absolute Gasteiger partial charge is 0.177 e. The summed E-state index contributed by atoms with van der Waals surface area (Å²) in [6.45, 7) is 3.33. The van der Waals surface area contributed by atoms with E-state index >= 15 is 0 Å². The largest absolute Gasteiger partial charge is 0.354 e. The van der Waals surface area contributed by atoms with Gasteiger partial charge in [0, 0.05) is 30.5 Å². The molecule has 148 valence electrons. The van der Waals surface area contributed by atoms with E-state index < -0.39 is 0 Å². The Morgan fingerprint density at radius 2 is 1.93 bits per heavy atom. The molecule has 1 unspecified atom stereocenters. The number of hydrogen-bond donors (Lipinski definition) is 1. The Morgan fingerprint density at radius 1 is 1.07 bits per heavy atom. The average Bonchev–Trinajstić information content (AvgIpc) is 3.38. The summed E-state index contributed by atoms with van der Waals surface area (Å²) in [4.78, 5) is 11.7. The van der Waals surface area contributed by atoms with Crippen LogP contribution in [0.15, 0.2) is 67.0 Å². The van der Waals surface area contributed by atoms with Crippen LogP contribution in [0.4, 0.5) is 17.3 Å². The lowest BCUT2D eigenvalue weighted by atomic mass is 10.1. The van der Waals surface area contributed by atoms with Crippen molar-refractivity contribution in [2.75, 3.05) is 16.8 Å². The van der Waals surface area contributed by atoms with Crippen LogP contribution >= 0.6 is 12.4 Å². The molecule has 1 aliphatic heterocycles. The van der Waals surface area contributed by atoms with Gasteiger partial charge in [-0.1, -0.05) is 36.4 Å². The van der Waals surface area contributed by atoms with Crippen molar-refractivity contribution in [1.29, 1.82) is 0 Å². The van der Waals surface area contributed by atoms with Gasteiger partial charge in [-0.3, -0.25) is 0 Å². The SMILES string of the molecule is CC1CCCN1c1cccc(Nc2cc(-c3ccccc3)nn3ccnc23)n1.Cl. The minimum atomic E-state index is 0. The molecule has 4 heterocycles. The van der Waals surface area contributed by atoms with E-state index in [0.717, 1.165) is 40.8 Å². The number of nitrogens with one attached hydrogen (secondary N) is 1. The molecule has 0 saturated carbocycles. The Labute approximate surface area is 176 Å². The summed E-state index contributed by atoms with van der Waals surface area (Å²) in [5, 5.41) is 8.14. The third-order valence-electron chi connectivity index (χ3n) is 5.27. The monoisotopic (exact) mass is 406 g/mol. The molecule has 5 rings (SSSR count). The van der Waals surface area contributed by atoms with Crippen molar-refractivity contribution in [2.45, 2.75) is 25.8 Å². The van der Waals surface area contributed by atoms with Gasteiger partial charge in [-0.15, -0.1) is 12.4 Å². The maximum Gasteiger partial charge on any atom is 0.177 e. The van der Waals surface area contributed by atoms with Gasteiger partial charge in [0.1, 0.15) is 11.6 Å². The molecule has 1 N–H and O–H groups in total. The van der Waals surface area contributed by atoms with E-state index in [-0.39, 0.29) is 12.4 Å². The Bertz CT molecular complexity index is 1110. The van der Waals surface area contributed by atoms with E-state index in [2.05, 4.69) is 51.5 Å². The number of anilines is 3. The molecule has 0 radical (unpaired) electrons. The Balaban J connectivity index is 0.00000205. The molecule has 4 aromatic rings. The number of rotatable bonds is 4. The fourth-order valence-corrected chi connectivity index (χ4v) is 3.82. The summed E-state index contributed by atoms with van der Waals surface area (Å²) in [5.41, 5.74) is 3.62. The van der Waals surface area contributed by atoms with E-state index in [0.29, 0.717) is 6.04 Å². The Hall–Kier alpha value is -3.12. The molecule has 1 saturated heterocycles. The molecule has 0 spiro atoms. The van der Waals surface area contributed by atoms with Gasteiger partial charge in [0.2, 0.25) is 0 Å². The topological polar surface area (TPSA) is 58.4 Å². The van der Waals surface area contributed by atoms with Crippen LogP contribution < -0.4 is 10.2 Å². The van der Waals surface area contributed by atoms with Crippen LogP contribution in [-0.2, 0) is 0 Å². The zero-order chi connectivity index (χ0) is 18.9. The second-order valence-corrected chi connectivity index (χ2v) is 7.20. The number of benzene rings is 1. The first-order chi connectivity index (χ1) is 13.8. The number of hydrogen-bond acceptors (Lipinski definition) is 5. The second-order valence-electron chi connectivity index (χ2n) is 7.20. The lowest BCUT2D eigenvalue weighted by Gasteiger charge is -2.23. The highest BCUT2D eigenvalue weighted by molar-refractivity contribution is 5.85. The molecule has 7 heteroatoms.